The van der Waals surface area contributed by atoms with E-state index < -0.39 is 6.03 Å². The highest BCUT2D eigenvalue weighted by molar-refractivity contribution is 5.95. The molecular weight excluding hydrogens is 254 g/mol. The zero-order valence-corrected chi connectivity index (χ0v) is 11.3. The normalized spacial score (nSPS) is 10.2. The first-order valence-corrected chi connectivity index (χ1v) is 6.36. The summed E-state index contributed by atoms with van der Waals surface area (Å²) in [6, 6.07) is 13.3. The number of hydrogen-bond acceptors (Lipinski definition) is 3. The summed E-state index contributed by atoms with van der Waals surface area (Å²) in [6.07, 6.45) is 0.211. The van der Waals surface area contributed by atoms with Crippen LogP contribution in [0.3, 0.4) is 0 Å². The van der Waals surface area contributed by atoms with Crippen molar-refractivity contribution in [1.29, 1.82) is 0 Å². The van der Waals surface area contributed by atoms with Crippen LogP contribution < -0.4 is 16.0 Å². The second-order valence-corrected chi connectivity index (χ2v) is 4.58. The predicted octanol–water partition coefficient (Wildman–Crippen LogP) is 1.86. The maximum atomic E-state index is 11.4. The largest absolute Gasteiger partial charge is 0.374 e. The van der Waals surface area contributed by atoms with E-state index in [2.05, 4.69) is 5.32 Å². The Morgan fingerprint density at radius 1 is 1.15 bits per heavy atom. The standard InChI is InChI=1S/C15H17N3O2/c1-18(10-9-14(19)17-15(16)20)13-8-4-6-11-5-2-3-7-12(11)13/h2-8H,9-10H2,1H3,(H3,16,17,19,20). The first-order valence-electron chi connectivity index (χ1n) is 6.36. The van der Waals surface area contributed by atoms with Gasteiger partial charge < -0.3 is 10.6 Å². The van der Waals surface area contributed by atoms with E-state index in [-0.39, 0.29) is 12.3 Å². The number of carbonyl (C=O) groups excluding carboxylic acids is 2. The lowest BCUT2D eigenvalue weighted by atomic mass is 10.1. The molecule has 0 spiro atoms. The van der Waals surface area contributed by atoms with E-state index in [9.17, 15) is 9.59 Å². The molecule has 0 aliphatic heterocycles. The summed E-state index contributed by atoms with van der Waals surface area (Å²) in [5, 5.41) is 4.34. The molecule has 104 valence electrons. The quantitative estimate of drug-likeness (QED) is 0.891. The third kappa shape index (κ3) is 3.26. The van der Waals surface area contributed by atoms with E-state index in [1.165, 1.54) is 0 Å². The average Bonchev–Trinajstić information content (AvgIpc) is 2.43. The maximum absolute atomic E-state index is 11.4. The molecule has 5 heteroatoms. The number of rotatable bonds is 4. The van der Waals surface area contributed by atoms with E-state index in [4.69, 9.17) is 5.73 Å². The lowest BCUT2D eigenvalue weighted by Gasteiger charge is -2.20. The topological polar surface area (TPSA) is 75.4 Å². The predicted molar refractivity (Wildman–Crippen MR) is 79.6 cm³/mol. The zero-order chi connectivity index (χ0) is 14.5. The van der Waals surface area contributed by atoms with Gasteiger partial charge in [0.25, 0.3) is 0 Å². The van der Waals surface area contributed by atoms with Crippen LogP contribution >= 0.6 is 0 Å². The number of hydrogen-bond donors (Lipinski definition) is 2. The molecule has 3 N–H and O–H groups in total. The van der Waals surface area contributed by atoms with Gasteiger partial charge in [-0.05, 0) is 11.5 Å². The summed E-state index contributed by atoms with van der Waals surface area (Å²) in [7, 11) is 1.92. The Morgan fingerprint density at radius 3 is 2.60 bits per heavy atom. The Hall–Kier alpha value is -2.56. The van der Waals surface area contributed by atoms with Gasteiger partial charge >= 0.3 is 6.03 Å². The Morgan fingerprint density at radius 2 is 1.85 bits per heavy atom. The van der Waals surface area contributed by atoms with Crippen molar-refractivity contribution in [2.24, 2.45) is 5.73 Å². The van der Waals surface area contributed by atoms with Crippen molar-refractivity contribution in [2.45, 2.75) is 6.42 Å². The van der Waals surface area contributed by atoms with Crippen molar-refractivity contribution in [3.05, 3.63) is 42.5 Å². The maximum Gasteiger partial charge on any atom is 0.318 e. The van der Waals surface area contributed by atoms with Crippen LogP contribution in [0.5, 0.6) is 0 Å². The monoisotopic (exact) mass is 271 g/mol. The molecule has 0 heterocycles. The van der Waals surface area contributed by atoms with Crippen molar-refractivity contribution in [1.82, 2.24) is 5.32 Å². The third-order valence-corrected chi connectivity index (χ3v) is 3.11. The molecule has 0 bridgehead atoms. The van der Waals surface area contributed by atoms with Crippen molar-refractivity contribution >= 4 is 28.4 Å². The number of amides is 3. The molecule has 0 saturated heterocycles. The molecule has 0 atom stereocenters. The summed E-state index contributed by atoms with van der Waals surface area (Å²) in [4.78, 5) is 24.0. The highest BCUT2D eigenvalue weighted by Gasteiger charge is 2.09. The summed E-state index contributed by atoms with van der Waals surface area (Å²) in [5.74, 6) is -0.371. The molecule has 0 aromatic heterocycles. The second-order valence-electron chi connectivity index (χ2n) is 4.58. The first kappa shape index (κ1) is 13.9. The summed E-state index contributed by atoms with van der Waals surface area (Å²) in [6.45, 7) is 0.507. The fourth-order valence-electron chi connectivity index (χ4n) is 2.13. The lowest BCUT2D eigenvalue weighted by molar-refractivity contribution is -0.119. The number of imide groups is 1. The number of benzene rings is 2. The molecule has 0 unspecified atom stereocenters. The Labute approximate surface area is 117 Å². The van der Waals surface area contributed by atoms with Gasteiger partial charge in [-0.15, -0.1) is 0 Å². The van der Waals surface area contributed by atoms with Crippen LogP contribution in [-0.2, 0) is 4.79 Å². The molecule has 0 aliphatic carbocycles. The van der Waals surface area contributed by atoms with Crippen LogP contribution in [-0.4, -0.2) is 25.5 Å². The van der Waals surface area contributed by atoms with Gasteiger partial charge in [0.15, 0.2) is 0 Å². The van der Waals surface area contributed by atoms with Crippen molar-refractivity contribution < 1.29 is 9.59 Å². The number of nitrogens with one attached hydrogen (secondary N) is 1. The van der Waals surface area contributed by atoms with Crippen LogP contribution in [0.2, 0.25) is 0 Å². The number of primary amides is 1. The van der Waals surface area contributed by atoms with Crippen molar-refractivity contribution in [3.63, 3.8) is 0 Å². The highest BCUT2D eigenvalue weighted by atomic mass is 16.2. The van der Waals surface area contributed by atoms with Crippen LogP contribution in [0.4, 0.5) is 10.5 Å². The van der Waals surface area contributed by atoms with Crippen LogP contribution in [0, 0.1) is 0 Å². The molecule has 20 heavy (non-hydrogen) atoms. The number of nitrogens with zero attached hydrogens (tertiary/aromatic N) is 1. The first-order chi connectivity index (χ1) is 9.58. The molecule has 0 radical (unpaired) electrons. The number of carbonyl (C=O) groups is 2. The fraction of sp³-hybridized carbons (Fsp3) is 0.200. The minimum atomic E-state index is -0.817. The molecule has 0 aliphatic rings. The van der Waals surface area contributed by atoms with Crippen LogP contribution in [0.25, 0.3) is 10.8 Å². The summed E-state index contributed by atoms with van der Waals surface area (Å²) in [5.41, 5.74) is 5.95. The molecule has 2 aromatic carbocycles. The summed E-state index contributed by atoms with van der Waals surface area (Å²) >= 11 is 0. The number of urea groups is 1. The average molecular weight is 271 g/mol. The molecule has 0 fully saturated rings. The van der Waals surface area contributed by atoms with E-state index in [1.54, 1.807) is 0 Å². The third-order valence-electron chi connectivity index (χ3n) is 3.11. The molecule has 2 aromatic rings. The van der Waals surface area contributed by atoms with E-state index >= 15 is 0 Å². The van der Waals surface area contributed by atoms with Gasteiger partial charge in [0, 0.05) is 31.1 Å². The van der Waals surface area contributed by atoms with Gasteiger partial charge in [-0.2, -0.15) is 0 Å². The van der Waals surface area contributed by atoms with Crippen molar-refractivity contribution in [2.75, 3.05) is 18.5 Å². The zero-order valence-electron chi connectivity index (χ0n) is 11.3. The Kier molecular flexibility index (Phi) is 4.20. The Balaban J connectivity index is 2.10. The summed E-state index contributed by atoms with van der Waals surface area (Å²) < 4.78 is 0. The minimum Gasteiger partial charge on any atom is -0.374 e. The molecule has 3 amide bonds. The molecule has 2 rings (SSSR count). The second kappa shape index (κ2) is 6.06. The van der Waals surface area contributed by atoms with Crippen molar-refractivity contribution in [3.8, 4) is 0 Å². The van der Waals surface area contributed by atoms with Gasteiger partial charge in [-0.1, -0.05) is 36.4 Å². The van der Waals surface area contributed by atoms with Gasteiger partial charge in [0.1, 0.15) is 0 Å². The number of nitrogens with two attached hydrogens (primary N) is 1. The fourth-order valence-corrected chi connectivity index (χ4v) is 2.13. The molecular formula is C15H17N3O2. The van der Waals surface area contributed by atoms with Crippen LogP contribution in [0.15, 0.2) is 42.5 Å². The van der Waals surface area contributed by atoms with E-state index in [1.807, 2.05) is 54.4 Å². The van der Waals surface area contributed by atoms with Gasteiger partial charge in [0.05, 0.1) is 0 Å². The SMILES string of the molecule is CN(CCC(=O)NC(N)=O)c1cccc2ccccc12. The van der Waals surface area contributed by atoms with Gasteiger partial charge in [-0.3, -0.25) is 10.1 Å². The highest BCUT2D eigenvalue weighted by Crippen LogP contribution is 2.25. The number of anilines is 1. The molecule has 5 nitrogen and oxygen atoms in total. The smallest absolute Gasteiger partial charge is 0.318 e. The Bertz CT molecular complexity index is 635. The van der Waals surface area contributed by atoms with Gasteiger partial charge in [0.2, 0.25) is 5.91 Å². The van der Waals surface area contributed by atoms with E-state index in [0.717, 1.165) is 16.5 Å². The van der Waals surface area contributed by atoms with Gasteiger partial charge in [-0.25, -0.2) is 4.79 Å². The molecule has 0 saturated carbocycles. The van der Waals surface area contributed by atoms with E-state index in [0.29, 0.717) is 6.54 Å². The lowest BCUT2D eigenvalue weighted by Crippen LogP contribution is -2.36. The van der Waals surface area contributed by atoms with Crippen LogP contribution in [0.1, 0.15) is 6.42 Å². The minimum absolute atomic E-state index is 0.211. The number of fused-ring (bicyclic) bond motifs is 1.